The monoisotopic (exact) mass is 366 g/mol. The maximum atomic E-state index is 12.0. The molecule has 1 amide bonds. The molecule has 2 aliphatic rings. The Hall–Kier alpha value is -1.12. The van der Waals surface area contributed by atoms with Crippen molar-refractivity contribution in [3.63, 3.8) is 0 Å². The molecule has 0 radical (unpaired) electrons. The smallest absolute Gasteiger partial charge is 0.444 e. The zero-order chi connectivity index (χ0) is 18.6. The second-order valence-corrected chi connectivity index (χ2v) is 9.87. The summed E-state index contributed by atoms with van der Waals surface area (Å²) in [4.78, 5) is 18.3. The molecular weight excluding hydrogens is 339 g/mol. The number of hydrogen-bond donors (Lipinski definition) is 0. The molecule has 0 atom stereocenters. The van der Waals surface area contributed by atoms with Gasteiger partial charge in [-0.05, 0) is 48.5 Å². The van der Waals surface area contributed by atoms with Crippen molar-refractivity contribution in [3.05, 3.63) is 11.2 Å². The van der Waals surface area contributed by atoms with Crippen LogP contribution in [0, 0.1) is 0 Å². The predicted molar refractivity (Wildman–Crippen MR) is 98.4 cm³/mol. The average molecular weight is 366 g/mol. The lowest BCUT2D eigenvalue weighted by molar-refractivity contribution is 0.00578. The molecule has 25 heavy (non-hydrogen) atoms. The van der Waals surface area contributed by atoms with E-state index in [1.54, 1.807) is 16.2 Å². The lowest BCUT2D eigenvalue weighted by atomic mass is 9.89. The molecule has 3 rings (SSSR count). The minimum Gasteiger partial charge on any atom is -0.444 e. The Morgan fingerprint density at radius 3 is 2.36 bits per heavy atom. The number of carbonyl (C=O) groups is 1. The molecule has 0 spiro atoms. The van der Waals surface area contributed by atoms with Crippen LogP contribution in [0.4, 0.5) is 4.79 Å². The highest BCUT2D eigenvalue weighted by Gasteiger charge is 2.52. The van der Waals surface area contributed by atoms with E-state index in [9.17, 15) is 4.79 Å². The largest absolute Gasteiger partial charge is 0.507 e. The van der Waals surface area contributed by atoms with Crippen LogP contribution in [0.15, 0.2) is 6.20 Å². The SMILES string of the molecule is CC(C)(C)OC(=O)N1CC(c2ncc(B3OC(C)(C)C(C)(C)O3)s2)C1. The van der Waals surface area contributed by atoms with Crippen molar-refractivity contribution in [1.29, 1.82) is 0 Å². The van der Waals surface area contributed by atoms with Crippen molar-refractivity contribution < 1.29 is 18.8 Å². The fourth-order valence-electron chi connectivity index (χ4n) is 2.67. The van der Waals surface area contributed by atoms with Gasteiger partial charge in [0.1, 0.15) is 5.60 Å². The Kier molecular flexibility index (Phi) is 4.45. The van der Waals surface area contributed by atoms with Crippen LogP contribution in [0.3, 0.4) is 0 Å². The van der Waals surface area contributed by atoms with E-state index in [4.69, 9.17) is 14.0 Å². The van der Waals surface area contributed by atoms with Crippen LogP contribution in [-0.4, -0.2) is 53.0 Å². The summed E-state index contributed by atoms with van der Waals surface area (Å²) in [6.45, 7) is 15.1. The lowest BCUT2D eigenvalue weighted by Gasteiger charge is -2.38. The fraction of sp³-hybridized carbons (Fsp3) is 0.765. The van der Waals surface area contributed by atoms with Gasteiger partial charge >= 0.3 is 13.2 Å². The minimum atomic E-state index is -0.465. The van der Waals surface area contributed by atoms with Crippen LogP contribution in [0.5, 0.6) is 0 Å². The van der Waals surface area contributed by atoms with Gasteiger partial charge in [0.05, 0.1) is 21.0 Å². The molecule has 1 aromatic rings. The summed E-state index contributed by atoms with van der Waals surface area (Å²) in [5, 5.41) is 1.02. The van der Waals surface area contributed by atoms with Gasteiger partial charge in [-0.15, -0.1) is 11.3 Å². The van der Waals surface area contributed by atoms with Gasteiger partial charge < -0.3 is 18.9 Å². The predicted octanol–water partition coefficient (Wildman–Crippen LogP) is 2.78. The first-order valence-electron chi connectivity index (χ1n) is 8.67. The maximum Gasteiger partial charge on any atom is 0.507 e. The first-order valence-corrected chi connectivity index (χ1v) is 9.49. The summed E-state index contributed by atoms with van der Waals surface area (Å²) < 4.78 is 18.5. The van der Waals surface area contributed by atoms with Crippen molar-refractivity contribution in [3.8, 4) is 0 Å². The van der Waals surface area contributed by atoms with Crippen LogP contribution in [0.1, 0.15) is 59.4 Å². The van der Waals surface area contributed by atoms with Crippen molar-refractivity contribution >= 4 is 29.3 Å². The van der Waals surface area contributed by atoms with Gasteiger partial charge in [0, 0.05) is 25.2 Å². The Labute approximate surface area is 154 Å². The molecule has 0 aliphatic carbocycles. The highest BCUT2D eigenvalue weighted by Crippen LogP contribution is 2.37. The molecule has 0 N–H and O–H groups in total. The van der Waals surface area contributed by atoms with E-state index in [-0.39, 0.29) is 30.3 Å². The van der Waals surface area contributed by atoms with Crippen LogP contribution < -0.4 is 4.78 Å². The molecule has 0 aromatic carbocycles. The van der Waals surface area contributed by atoms with Crippen molar-refractivity contribution in [2.75, 3.05) is 13.1 Å². The molecule has 0 bridgehead atoms. The minimum absolute atomic E-state index is 0.258. The Balaban J connectivity index is 1.59. The third kappa shape index (κ3) is 3.71. The molecule has 3 heterocycles. The highest BCUT2D eigenvalue weighted by atomic mass is 32.1. The molecule has 0 saturated carbocycles. The third-order valence-electron chi connectivity index (χ3n) is 4.91. The number of rotatable bonds is 2. The molecular formula is C17H27BN2O4S. The van der Waals surface area contributed by atoms with E-state index in [1.807, 2.05) is 54.7 Å². The Bertz CT molecular complexity index is 646. The highest BCUT2D eigenvalue weighted by molar-refractivity contribution is 7.22. The van der Waals surface area contributed by atoms with Crippen LogP contribution in [0.25, 0.3) is 0 Å². The second kappa shape index (κ2) is 5.96. The Morgan fingerprint density at radius 1 is 1.28 bits per heavy atom. The summed E-state index contributed by atoms with van der Waals surface area (Å²) in [6, 6.07) is 0. The summed E-state index contributed by atoms with van der Waals surface area (Å²) in [6.07, 6.45) is 1.57. The normalized spacial score (nSPS) is 22.8. The molecule has 138 valence electrons. The fourth-order valence-corrected chi connectivity index (χ4v) is 3.63. The number of aromatic nitrogens is 1. The molecule has 2 saturated heterocycles. The molecule has 8 heteroatoms. The summed E-state index contributed by atoms with van der Waals surface area (Å²) in [5.41, 5.74) is -1.18. The van der Waals surface area contributed by atoms with E-state index < -0.39 is 5.60 Å². The van der Waals surface area contributed by atoms with Crippen LogP contribution >= 0.6 is 11.3 Å². The summed E-state index contributed by atoms with van der Waals surface area (Å²) >= 11 is 1.60. The zero-order valence-corrected chi connectivity index (χ0v) is 16.9. The topological polar surface area (TPSA) is 60.9 Å². The van der Waals surface area contributed by atoms with Crippen molar-refractivity contribution in [2.45, 2.75) is 71.2 Å². The number of nitrogens with zero attached hydrogens (tertiary/aromatic N) is 2. The van der Waals surface area contributed by atoms with Crippen molar-refractivity contribution in [1.82, 2.24) is 9.88 Å². The van der Waals surface area contributed by atoms with E-state index in [1.165, 1.54) is 0 Å². The Morgan fingerprint density at radius 2 is 1.84 bits per heavy atom. The van der Waals surface area contributed by atoms with Gasteiger partial charge in [0.2, 0.25) is 0 Å². The van der Waals surface area contributed by atoms with E-state index >= 15 is 0 Å². The number of ether oxygens (including phenoxy) is 1. The number of hydrogen-bond acceptors (Lipinski definition) is 6. The quantitative estimate of drug-likeness (QED) is 0.754. The number of carbonyl (C=O) groups excluding carboxylic acids is 1. The van der Waals surface area contributed by atoms with Crippen LogP contribution in [-0.2, 0) is 14.0 Å². The molecule has 2 fully saturated rings. The van der Waals surface area contributed by atoms with Gasteiger partial charge in [-0.25, -0.2) is 9.78 Å². The first kappa shape index (κ1) is 18.7. The third-order valence-corrected chi connectivity index (χ3v) is 6.09. The van der Waals surface area contributed by atoms with Gasteiger partial charge in [-0.3, -0.25) is 0 Å². The van der Waals surface area contributed by atoms with Gasteiger partial charge in [-0.2, -0.15) is 0 Å². The van der Waals surface area contributed by atoms with Crippen LogP contribution in [0.2, 0.25) is 0 Å². The van der Waals surface area contributed by atoms with E-state index in [0.717, 1.165) is 9.78 Å². The van der Waals surface area contributed by atoms with Gasteiger partial charge in [0.25, 0.3) is 0 Å². The van der Waals surface area contributed by atoms with Crippen molar-refractivity contribution in [2.24, 2.45) is 0 Å². The molecule has 1 aromatic heterocycles. The standard InChI is InChI=1S/C17H27BN2O4S/c1-15(2,3)22-14(21)20-9-11(10-20)13-19-8-12(25-13)18-23-16(4,5)17(6,7)24-18/h8,11H,9-10H2,1-7H3. The van der Waals surface area contributed by atoms with Gasteiger partial charge in [-0.1, -0.05) is 0 Å². The van der Waals surface area contributed by atoms with Gasteiger partial charge in [0.15, 0.2) is 0 Å². The van der Waals surface area contributed by atoms with E-state index in [2.05, 4.69) is 4.98 Å². The first-order chi connectivity index (χ1) is 11.4. The number of likely N-dealkylation sites (tertiary alicyclic amines) is 1. The van der Waals surface area contributed by atoms with E-state index in [0.29, 0.717) is 13.1 Å². The molecule has 6 nitrogen and oxygen atoms in total. The lowest BCUT2D eigenvalue weighted by Crippen LogP contribution is -2.50. The zero-order valence-electron chi connectivity index (χ0n) is 16.1. The summed E-state index contributed by atoms with van der Waals surface area (Å²) in [7, 11) is -0.377. The maximum absolute atomic E-state index is 12.0. The number of thiazole rings is 1. The second-order valence-electron chi connectivity index (χ2n) is 8.77. The number of amides is 1. The molecule has 0 unspecified atom stereocenters. The summed E-state index contributed by atoms with van der Waals surface area (Å²) in [5.74, 6) is 0.258. The molecule has 2 aliphatic heterocycles. The average Bonchev–Trinajstić information content (AvgIpc) is 2.89.